The molecule has 0 unspecified atom stereocenters. The van der Waals surface area contributed by atoms with Gasteiger partial charge in [-0.1, -0.05) is 13.0 Å². The van der Waals surface area contributed by atoms with Crippen LogP contribution in [-0.2, 0) is 6.42 Å². The fourth-order valence-corrected chi connectivity index (χ4v) is 3.27. The molecule has 0 fully saturated rings. The van der Waals surface area contributed by atoms with Crippen molar-refractivity contribution in [2.24, 2.45) is 0 Å². The molecule has 1 N–H and O–H groups in total. The predicted molar refractivity (Wildman–Crippen MR) is 94.0 cm³/mol. The second-order valence-electron chi connectivity index (χ2n) is 5.22. The number of nitrogens with one attached hydrogen (secondary N) is 1. The Labute approximate surface area is 132 Å². The molecule has 0 amide bonds. The molecule has 0 saturated carbocycles. The second kappa shape index (κ2) is 5.39. The number of benzene rings is 2. The van der Waals surface area contributed by atoms with Crippen molar-refractivity contribution in [1.82, 2.24) is 9.97 Å². The maximum absolute atomic E-state index is 4.45. The van der Waals surface area contributed by atoms with E-state index in [0.29, 0.717) is 0 Å². The number of nitrogens with zero attached hydrogens (tertiary/aromatic N) is 2. The number of fused-ring (bicyclic) bond motifs is 2. The van der Waals surface area contributed by atoms with Crippen LogP contribution in [0.25, 0.3) is 21.1 Å². The van der Waals surface area contributed by atoms with E-state index in [1.807, 2.05) is 17.8 Å². The maximum atomic E-state index is 4.45. The summed E-state index contributed by atoms with van der Waals surface area (Å²) in [6.45, 7) is 2.17. The molecule has 0 aliphatic rings. The van der Waals surface area contributed by atoms with Crippen LogP contribution in [0.5, 0.6) is 0 Å². The highest BCUT2D eigenvalue weighted by molar-refractivity contribution is 7.16. The van der Waals surface area contributed by atoms with Gasteiger partial charge in [0.2, 0.25) is 0 Å². The monoisotopic (exact) mass is 305 g/mol. The Morgan fingerprint density at radius 2 is 1.95 bits per heavy atom. The smallest absolute Gasteiger partial charge is 0.0832 e. The maximum Gasteiger partial charge on any atom is 0.0832 e. The molecule has 0 atom stereocenters. The first-order valence-corrected chi connectivity index (χ1v) is 8.19. The van der Waals surface area contributed by atoms with Crippen LogP contribution < -0.4 is 5.32 Å². The van der Waals surface area contributed by atoms with Gasteiger partial charge in [0.15, 0.2) is 0 Å². The first-order chi connectivity index (χ1) is 10.8. The van der Waals surface area contributed by atoms with E-state index in [9.17, 15) is 0 Å². The molecule has 22 heavy (non-hydrogen) atoms. The zero-order valence-corrected chi connectivity index (χ0v) is 13.0. The molecule has 0 radical (unpaired) electrons. The average Bonchev–Trinajstić information content (AvgIpc) is 3.02. The van der Waals surface area contributed by atoms with Crippen molar-refractivity contribution in [3.05, 3.63) is 59.7 Å². The Bertz CT molecular complexity index is 959. The van der Waals surface area contributed by atoms with Gasteiger partial charge >= 0.3 is 0 Å². The van der Waals surface area contributed by atoms with Crippen LogP contribution >= 0.6 is 11.3 Å². The molecule has 0 bridgehead atoms. The number of aromatic nitrogens is 2. The summed E-state index contributed by atoms with van der Waals surface area (Å²) >= 11 is 1.66. The fourth-order valence-electron chi connectivity index (χ4n) is 2.61. The van der Waals surface area contributed by atoms with E-state index in [4.69, 9.17) is 0 Å². The van der Waals surface area contributed by atoms with Crippen LogP contribution in [0.1, 0.15) is 12.5 Å². The van der Waals surface area contributed by atoms with Crippen LogP contribution in [0.4, 0.5) is 11.4 Å². The molecule has 0 aliphatic heterocycles. The van der Waals surface area contributed by atoms with E-state index >= 15 is 0 Å². The minimum absolute atomic E-state index is 1.01. The van der Waals surface area contributed by atoms with Crippen molar-refractivity contribution < 1.29 is 0 Å². The number of pyridine rings is 1. The molecule has 2 heterocycles. The quantitative estimate of drug-likeness (QED) is 0.569. The Morgan fingerprint density at radius 3 is 2.86 bits per heavy atom. The topological polar surface area (TPSA) is 37.8 Å². The lowest BCUT2D eigenvalue weighted by Crippen LogP contribution is -1.93. The average molecular weight is 305 g/mol. The highest BCUT2D eigenvalue weighted by Gasteiger charge is 2.05. The summed E-state index contributed by atoms with van der Waals surface area (Å²) in [6, 6.07) is 14.7. The van der Waals surface area contributed by atoms with E-state index in [1.165, 1.54) is 10.3 Å². The minimum Gasteiger partial charge on any atom is -0.355 e. The molecule has 4 aromatic rings. The second-order valence-corrected chi connectivity index (χ2v) is 6.11. The molecular formula is C18H15N3S. The van der Waals surface area contributed by atoms with E-state index in [2.05, 4.69) is 58.6 Å². The number of thiazole rings is 1. The Kier molecular flexibility index (Phi) is 3.24. The number of anilines is 2. The first kappa shape index (κ1) is 13.2. The molecule has 4 rings (SSSR count). The predicted octanol–water partition coefficient (Wildman–Crippen LogP) is 5.15. The minimum atomic E-state index is 1.01. The summed E-state index contributed by atoms with van der Waals surface area (Å²) in [7, 11) is 0. The summed E-state index contributed by atoms with van der Waals surface area (Å²) in [4.78, 5) is 8.83. The van der Waals surface area contributed by atoms with Gasteiger partial charge in [0.1, 0.15) is 0 Å². The van der Waals surface area contributed by atoms with E-state index in [1.54, 1.807) is 11.3 Å². The molecule has 3 nitrogen and oxygen atoms in total. The first-order valence-electron chi connectivity index (χ1n) is 7.31. The van der Waals surface area contributed by atoms with Gasteiger partial charge in [0, 0.05) is 23.0 Å². The lowest BCUT2D eigenvalue weighted by atomic mass is 10.1. The number of hydrogen-bond acceptors (Lipinski definition) is 4. The summed E-state index contributed by atoms with van der Waals surface area (Å²) < 4.78 is 1.21. The molecule has 0 saturated heterocycles. The molecule has 0 aliphatic carbocycles. The normalized spacial score (nSPS) is 11.1. The SMILES string of the molecule is CCc1ccc2nccc(Nc3ccc4scnc4c3)c2c1. The standard InChI is InChI=1S/C18H15N3S/c1-2-12-3-5-15-14(9-12)16(7-8-19-15)21-13-4-6-18-17(10-13)20-11-22-18/h3-11H,2H2,1H3,(H,19,21). The van der Waals surface area contributed by atoms with Gasteiger partial charge in [-0.2, -0.15) is 0 Å². The number of rotatable bonds is 3. The number of hydrogen-bond donors (Lipinski definition) is 1. The Hall–Kier alpha value is -2.46. The Balaban J connectivity index is 1.79. The van der Waals surface area contributed by atoms with Gasteiger partial charge in [-0.25, -0.2) is 4.98 Å². The zero-order valence-electron chi connectivity index (χ0n) is 12.2. The summed E-state index contributed by atoms with van der Waals surface area (Å²) in [5.41, 5.74) is 7.37. The van der Waals surface area contributed by atoms with Gasteiger partial charge in [-0.15, -0.1) is 11.3 Å². The van der Waals surface area contributed by atoms with Crippen LogP contribution in [0, 0.1) is 0 Å². The fraction of sp³-hybridized carbons (Fsp3) is 0.111. The summed E-state index contributed by atoms with van der Waals surface area (Å²) in [6.07, 6.45) is 2.87. The van der Waals surface area contributed by atoms with Gasteiger partial charge in [-0.3, -0.25) is 4.98 Å². The van der Waals surface area contributed by atoms with Crippen molar-refractivity contribution in [2.45, 2.75) is 13.3 Å². The number of aryl methyl sites for hydroxylation is 1. The van der Waals surface area contributed by atoms with Crippen LogP contribution in [0.3, 0.4) is 0 Å². The molecule has 2 aromatic carbocycles. The van der Waals surface area contributed by atoms with Crippen molar-refractivity contribution >= 4 is 43.8 Å². The molecule has 108 valence electrons. The third kappa shape index (κ3) is 2.31. The van der Waals surface area contributed by atoms with Crippen molar-refractivity contribution in [3.8, 4) is 0 Å². The van der Waals surface area contributed by atoms with E-state index < -0.39 is 0 Å². The van der Waals surface area contributed by atoms with Gasteiger partial charge in [-0.05, 0) is 48.4 Å². The van der Waals surface area contributed by atoms with E-state index in [0.717, 1.165) is 34.2 Å². The third-order valence-electron chi connectivity index (χ3n) is 3.82. The largest absolute Gasteiger partial charge is 0.355 e. The lowest BCUT2D eigenvalue weighted by Gasteiger charge is -2.10. The molecule has 0 spiro atoms. The van der Waals surface area contributed by atoms with Crippen molar-refractivity contribution in [3.63, 3.8) is 0 Å². The summed E-state index contributed by atoms with van der Waals surface area (Å²) in [5, 5.41) is 4.66. The van der Waals surface area contributed by atoms with Gasteiger partial charge < -0.3 is 5.32 Å². The highest BCUT2D eigenvalue weighted by Crippen LogP contribution is 2.28. The van der Waals surface area contributed by atoms with E-state index in [-0.39, 0.29) is 0 Å². The highest BCUT2D eigenvalue weighted by atomic mass is 32.1. The van der Waals surface area contributed by atoms with Gasteiger partial charge in [0.25, 0.3) is 0 Å². The summed E-state index contributed by atoms with van der Waals surface area (Å²) in [5.74, 6) is 0. The van der Waals surface area contributed by atoms with Gasteiger partial charge in [0.05, 0.1) is 21.2 Å². The van der Waals surface area contributed by atoms with Crippen molar-refractivity contribution in [1.29, 1.82) is 0 Å². The lowest BCUT2D eigenvalue weighted by molar-refractivity contribution is 1.14. The molecule has 2 aromatic heterocycles. The third-order valence-corrected chi connectivity index (χ3v) is 4.63. The molecular weight excluding hydrogens is 290 g/mol. The van der Waals surface area contributed by atoms with Crippen molar-refractivity contribution in [2.75, 3.05) is 5.32 Å². The Morgan fingerprint density at radius 1 is 1.00 bits per heavy atom. The van der Waals surface area contributed by atoms with Crippen LogP contribution in [-0.4, -0.2) is 9.97 Å². The zero-order chi connectivity index (χ0) is 14.9. The van der Waals surface area contributed by atoms with Crippen LogP contribution in [0.15, 0.2) is 54.2 Å². The van der Waals surface area contributed by atoms with Crippen LogP contribution in [0.2, 0.25) is 0 Å². The molecule has 4 heteroatoms.